The second-order valence-corrected chi connectivity index (χ2v) is 3.54. The number of carbonyl (C=O) groups is 1. The van der Waals surface area contributed by atoms with Crippen LogP contribution >= 0.6 is 0 Å². The Morgan fingerprint density at radius 3 is 3.07 bits per heavy atom. The van der Waals surface area contributed by atoms with Gasteiger partial charge >= 0.3 is 5.97 Å². The van der Waals surface area contributed by atoms with Crippen molar-refractivity contribution in [2.75, 3.05) is 6.61 Å². The van der Waals surface area contributed by atoms with Gasteiger partial charge in [0.2, 0.25) is 0 Å². The normalized spacial score (nSPS) is 22.6. The average molecular weight is 191 g/mol. The van der Waals surface area contributed by atoms with Crippen molar-refractivity contribution in [3.63, 3.8) is 0 Å². The lowest BCUT2D eigenvalue weighted by Crippen LogP contribution is -2.10. The number of nitrogens with two attached hydrogens (primary N) is 1. The first-order chi connectivity index (χ1) is 6.75. The van der Waals surface area contributed by atoms with Gasteiger partial charge in [-0.1, -0.05) is 0 Å². The van der Waals surface area contributed by atoms with Gasteiger partial charge in [0.1, 0.15) is 19.0 Å². The maximum Gasteiger partial charge on any atom is 0.339 e. The van der Waals surface area contributed by atoms with E-state index in [1.165, 1.54) is 0 Å². The summed E-state index contributed by atoms with van der Waals surface area (Å²) >= 11 is 0. The van der Waals surface area contributed by atoms with Crippen LogP contribution in [0.2, 0.25) is 0 Å². The summed E-state index contributed by atoms with van der Waals surface area (Å²) in [6.07, 6.45) is 0. The SMILES string of the molecule is NC1COc2cc3c(cc21)COC3=O. The highest BCUT2D eigenvalue weighted by Gasteiger charge is 2.28. The van der Waals surface area contributed by atoms with Crippen molar-refractivity contribution in [2.24, 2.45) is 5.73 Å². The van der Waals surface area contributed by atoms with Crippen molar-refractivity contribution in [3.05, 3.63) is 28.8 Å². The zero-order valence-corrected chi connectivity index (χ0v) is 7.45. The highest BCUT2D eigenvalue weighted by Crippen LogP contribution is 2.35. The fourth-order valence-corrected chi connectivity index (χ4v) is 1.86. The van der Waals surface area contributed by atoms with E-state index in [0.29, 0.717) is 18.8 Å². The van der Waals surface area contributed by atoms with E-state index in [9.17, 15) is 4.79 Å². The molecule has 1 unspecified atom stereocenters. The number of carbonyl (C=O) groups excluding carboxylic acids is 1. The van der Waals surface area contributed by atoms with Crippen LogP contribution in [0.3, 0.4) is 0 Å². The standard InChI is InChI=1S/C10H9NO3/c11-8-4-13-9-2-6-5(1-7(8)9)3-14-10(6)12/h1-2,8H,3-4,11H2. The molecular weight excluding hydrogens is 182 g/mol. The van der Waals surface area contributed by atoms with Crippen molar-refractivity contribution in [2.45, 2.75) is 12.6 Å². The Bertz CT molecular complexity index is 428. The molecule has 0 bridgehead atoms. The van der Waals surface area contributed by atoms with E-state index in [1.807, 2.05) is 6.07 Å². The van der Waals surface area contributed by atoms with Crippen LogP contribution in [0, 0.1) is 0 Å². The van der Waals surface area contributed by atoms with Gasteiger partial charge in [-0.3, -0.25) is 0 Å². The smallest absolute Gasteiger partial charge is 0.339 e. The van der Waals surface area contributed by atoms with Crippen molar-refractivity contribution in [3.8, 4) is 5.75 Å². The van der Waals surface area contributed by atoms with Crippen molar-refractivity contribution < 1.29 is 14.3 Å². The molecule has 1 aromatic carbocycles. The molecule has 0 saturated carbocycles. The molecule has 2 aliphatic rings. The van der Waals surface area contributed by atoms with Gasteiger partial charge in [0, 0.05) is 11.1 Å². The molecule has 0 radical (unpaired) electrons. The van der Waals surface area contributed by atoms with Crippen LogP contribution in [0.5, 0.6) is 5.75 Å². The third-order valence-corrected chi connectivity index (χ3v) is 2.63. The molecular formula is C10H9NO3. The van der Waals surface area contributed by atoms with Crippen LogP contribution in [0.1, 0.15) is 27.5 Å². The Labute approximate surface area is 80.6 Å². The second-order valence-electron chi connectivity index (χ2n) is 3.54. The summed E-state index contributed by atoms with van der Waals surface area (Å²) in [5.41, 5.74) is 8.32. The molecule has 4 heteroatoms. The largest absolute Gasteiger partial charge is 0.491 e. The number of fused-ring (bicyclic) bond motifs is 2. The van der Waals surface area contributed by atoms with E-state index in [-0.39, 0.29) is 12.0 Å². The number of hydrogen-bond acceptors (Lipinski definition) is 4. The molecule has 72 valence electrons. The van der Waals surface area contributed by atoms with Crippen molar-refractivity contribution in [1.82, 2.24) is 0 Å². The molecule has 1 atom stereocenters. The zero-order valence-electron chi connectivity index (χ0n) is 7.45. The van der Waals surface area contributed by atoms with Crippen LogP contribution in [0.15, 0.2) is 12.1 Å². The quantitative estimate of drug-likeness (QED) is 0.614. The molecule has 4 nitrogen and oxygen atoms in total. The third kappa shape index (κ3) is 0.886. The number of hydrogen-bond donors (Lipinski definition) is 1. The van der Waals surface area contributed by atoms with Crippen LogP contribution in [-0.2, 0) is 11.3 Å². The van der Waals surface area contributed by atoms with Crippen molar-refractivity contribution >= 4 is 5.97 Å². The molecule has 3 rings (SSSR count). The van der Waals surface area contributed by atoms with Crippen LogP contribution < -0.4 is 10.5 Å². The molecule has 2 heterocycles. The van der Waals surface area contributed by atoms with Crippen LogP contribution in [0.4, 0.5) is 0 Å². The predicted molar refractivity (Wildman–Crippen MR) is 48.0 cm³/mol. The van der Waals surface area contributed by atoms with Crippen molar-refractivity contribution in [1.29, 1.82) is 0 Å². The second kappa shape index (κ2) is 2.48. The summed E-state index contributed by atoms with van der Waals surface area (Å²) in [7, 11) is 0. The Morgan fingerprint density at radius 2 is 2.21 bits per heavy atom. The average Bonchev–Trinajstić information content (AvgIpc) is 2.71. The molecule has 0 saturated heterocycles. The van der Waals surface area contributed by atoms with Crippen LogP contribution in [0.25, 0.3) is 0 Å². The van der Waals surface area contributed by atoms with E-state index >= 15 is 0 Å². The first-order valence-corrected chi connectivity index (χ1v) is 4.48. The van der Waals surface area contributed by atoms with E-state index in [2.05, 4.69) is 0 Å². The highest BCUT2D eigenvalue weighted by atomic mass is 16.5. The molecule has 0 aromatic heterocycles. The Hall–Kier alpha value is -1.55. The van der Waals surface area contributed by atoms with E-state index in [4.69, 9.17) is 15.2 Å². The minimum Gasteiger partial charge on any atom is -0.491 e. The molecule has 2 aliphatic heterocycles. The van der Waals surface area contributed by atoms with E-state index in [1.54, 1.807) is 6.07 Å². The molecule has 0 amide bonds. The minimum absolute atomic E-state index is 0.0778. The fourth-order valence-electron chi connectivity index (χ4n) is 1.86. The lowest BCUT2D eigenvalue weighted by molar-refractivity contribution is 0.0535. The van der Waals surface area contributed by atoms with Gasteiger partial charge in [-0.15, -0.1) is 0 Å². The molecule has 0 spiro atoms. The van der Waals surface area contributed by atoms with Crippen LogP contribution in [-0.4, -0.2) is 12.6 Å². The molecule has 0 fully saturated rings. The maximum atomic E-state index is 11.2. The molecule has 2 N–H and O–H groups in total. The van der Waals surface area contributed by atoms with Gasteiger partial charge in [-0.25, -0.2) is 4.79 Å². The van der Waals surface area contributed by atoms with Gasteiger partial charge in [0.25, 0.3) is 0 Å². The minimum atomic E-state index is -0.271. The third-order valence-electron chi connectivity index (χ3n) is 2.63. The Kier molecular flexibility index (Phi) is 1.39. The Balaban J connectivity index is 2.20. The molecule has 1 aromatic rings. The summed E-state index contributed by atoms with van der Waals surface area (Å²) in [6, 6.07) is 3.56. The number of rotatable bonds is 0. The van der Waals surface area contributed by atoms with Gasteiger partial charge in [0.05, 0.1) is 11.6 Å². The first kappa shape index (κ1) is 7.82. The van der Waals surface area contributed by atoms with Gasteiger partial charge in [-0.05, 0) is 12.1 Å². The summed E-state index contributed by atoms with van der Waals surface area (Å²) in [5.74, 6) is 0.446. The summed E-state index contributed by atoms with van der Waals surface area (Å²) in [5, 5.41) is 0. The maximum absolute atomic E-state index is 11.2. The van der Waals surface area contributed by atoms with Gasteiger partial charge in [-0.2, -0.15) is 0 Å². The molecule has 14 heavy (non-hydrogen) atoms. The molecule has 0 aliphatic carbocycles. The first-order valence-electron chi connectivity index (χ1n) is 4.48. The van der Waals surface area contributed by atoms with E-state index in [0.717, 1.165) is 16.9 Å². The number of ether oxygens (including phenoxy) is 2. The topological polar surface area (TPSA) is 61.6 Å². The monoisotopic (exact) mass is 191 g/mol. The Morgan fingerprint density at radius 1 is 1.36 bits per heavy atom. The van der Waals surface area contributed by atoms with E-state index < -0.39 is 0 Å². The number of cyclic esters (lactones) is 1. The zero-order chi connectivity index (χ0) is 9.71. The lowest BCUT2D eigenvalue weighted by atomic mass is 10.0. The van der Waals surface area contributed by atoms with Gasteiger partial charge < -0.3 is 15.2 Å². The number of benzene rings is 1. The van der Waals surface area contributed by atoms with Gasteiger partial charge in [0.15, 0.2) is 0 Å². The summed E-state index contributed by atoms with van der Waals surface area (Å²) in [4.78, 5) is 11.2. The summed E-state index contributed by atoms with van der Waals surface area (Å²) in [6.45, 7) is 0.849. The number of esters is 1. The highest BCUT2D eigenvalue weighted by molar-refractivity contribution is 5.94. The summed E-state index contributed by atoms with van der Waals surface area (Å²) < 4.78 is 10.3. The lowest BCUT2D eigenvalue weighted by Gasteiger charge is -2.02. The fraction of sp³-hybridized carbons (Fsp3) is 0.300. The predicted octanol–water partition coefficient (Wildman–Crippen LogP) is 0.749.